The molecule has 1 unspecified atom stereocenters. The van der Waals surface area contributed by atoms with Crippen LogP contribution in [0.25, 0.3) is 6.08 Å². The van der Waals surface area contributed by atoms with Gasteiger partial charge in [-0.25, -0.2) is 0 Å². The lowest BCUT2D eigenvalue weighted by molar-refractivity contribution is 0.351. The van der Waals surface area contributed by atoms with Crippen molar-refractivity contribution < 1.29 is 0 Å². The van der Waals surface area contributed by atoms with Crippen molar-refractivity contribution in [3.05, 3.63) is 77.9 Å². The molecule has 2 aromatic rings. The molecular weight excluding hydrogens is 242 g/mol. The zero-order valence-electron chi connectivity index (χ0n) is 12.3. The van der Waals surface area contributed by atoms with Crippen molar-refractivity contribution in [1.82, 2.24) is 5.32 Å². The van der Waals surface area contributed by atoms with Crippen molar-refractivity contribution >= 4 is 6.08 Å². The molecular formula is C19H23N. The van der Waals surface area contributed by atoms with Crippen LogP contribution in [0.15, 0.2) is 66.7 Å². The highest BCUT2D eigenvalue weighted by Crippen LogP contribution is 2.29. The Bertz CT molecular complexity index is 524. The van der Waals surface area contributed by atoms with E-state index in [9.17, 15) is 0 Å². The molecule has 0 fully saturated rings. The van der Waals surface area contributed by atoms with Gasteiger partial charge in [-0.2, -0.15) is 0 Å². The number of benzene rings is 2. The van der Waals surface area contributed by atoms with E-state index in [2.05, 4.69) is 79.0 Å². The molecule has 0 spiro atoms. The lowest BCUT2D eigenvalue weighted by Crippen LogP contribution is -2.38. The summed E-state index contributed by atoms with van der Waals surface area (Å²) in [5.41, 5.74) is 2.62. The Morgan fingerprint density at radius 1 is 0.950 bits per heavy atom. The second kappa shape index (κ2) is 7.06. The highest BCUT2D eigenvalue weighted by molar-refractivity contribution is 5.49. The minimum Gasteiger partial charge on any atom is -0.310 e. The summed E-state index contributed by atoms with van der Waals surface area (Å²) < 4.78 is 0. The Hall–Kier alpha value is -1.86. The van der Waals surface area contributed by atoms with E-state index < -0.39 is 0 Å². The summed E-state index contributed by atoms with van der Waals surface area (Å²) in [6, 6.07) is 21.1. The highest BCUT2D eigenvalue weighted by atomic mass is 14.9. The lowest BCUT2D eigenvalue weighted by atomic mass is 9.84. The molecule has 0 heterocycles. The van der Waals surface area contributed by atoms with Crippen molar-refractivity contribution in [2.75, 3.05) is 7.05 Å². The van der Waals surface area contributed by atoms with Gasteiger partial charge in [-0.3, -0.25) is 0 Å². The number of rotatable bonds is 6. The maximum atomic E-state index is 3.52. The van der Waals surface area contributed by atoms with Gasteiger partial charge in [0, 0.05) is 5.54 Å². The fourth-order valence-corrected chi connectivity index (χ4v) is 2.61. The molecule has 1 heteroatoms. The van der Waals surface area contributed by atoms with Crippen molar-refractivity contribution in [2.24, 2.45) is 0 Å². The van der Waals surface area contributed by atoms with Crippen LogP contribution in [0.1, 0.15) is 30.9 Å². The molecule has 0 aliphatic heterocycles. The molecule has 0 radical (unpaired) electrons. The molecule has 2 rings (SSSR count). The largest absolute Gasteiger partial charge is 0.310 e. The van der Waals surface area contributed by atoms with Crippen LogP contribution in [-0.2, 0) is 5.54 Å². The van der Waals surface area contributed by atoms with E-state index in [1.807, 2.05) is 13.1 Å². The van der Waals surface area contributed by atoms with Gasteiger partial charge in [0.2, 0.25) is 0 Å². The minimum absolute atomic E-state index is 0.0204. The molecule has 104 valence electrons. The third-order valence-electron chi connectivity index (χ3n) is 3.98. The van der Waals surface area contributed by atoms with E-state index in [4.69, 9.17) is 0 Å². The number of hydrogen-bond acceptors (Lipinski definition) is 1. The molecule has 1 atom stereocenters. The van der Waals surface area contributed by atoms with Gasteiger partial charge in [-0.1, -0.05) is 79.7 Å². The maximum Gasteiger partial charge on any atom is 0.0464 e. The summed E-state index contributed by atoms with van der Waals surface area (Å²) in [5, 5.41) is 3.52. The quantitative estimate of drug-likeness (QED) is 0.804. The van der Waals surface area contributed by atoms with Crippen molar-refractivity contribution in [2.45, 2.75) is 25.3 Å². The lowest BCUT2D eigenvalue weighted by Gasteiger charge is -2.32. The Morgan fingerprint density at radius 2 is 1.55 bits per heavy atom. The standard InChI is InChI=1S/C19H23N/c1-3-19(20-2,18-14-8-5-9-15-18)16-10-13-17-11-6-4-7-12-17/h4-15,20H,3,16H2,1-2H3. The molecule has 0 amide bonds. The first-order valence-corrected chi connectivity index (χ1v) is 7.27. The monoisotopic (exact) mass is 265 g/mol. The second-order valence-electron chi connectivity index (χ2n) is 5.07. The normalized spacial score (nSPS) is 14.3. The molecule has 0 saturated carbocycles. The SMILES string of the molecule is CCC(CC=Cc1ccccc1)(NC)c1ccccc1. The molecule has 0 saturated heterocycles. The van der Waals surface area contributed by atoms with E-state index in [-0.39, 0.29) is 5.54 Å². The summed E-state index contributed by atoms with van der Waals surface area (Å²) in [4.78, 5) is 0. The molecule has 0 aromatic heterocycles. The molecule has 1 N–H and O–H groups in total. The van der Waals surface area contributed by atoms with Crippen LogP contribution in [0.2, 0.25) is 0 Å². The third kappa shape index (κ3) is 3.37. The average molecular weight is 265 g/mol. The Kier molecular flexibility index (Phi) is 5.14. The van der Waals surface area contributed by atoms with E-state index in [1.165, 1.54) is 11.1 Å². The predicted octanol–water partition coefficient (Wildman–Crippen LogP) is 4.61. The zero-order valence-corrected chi connectivity index (χ0v) is 12.3. The van der Waals surface area contributed by atoms with Gasteiger partial charge < -0.3 is 5.32 Å². The van der Waals surface area contributed by atoms with E-state index in [0.29, 0.717) is 0 Å². The van der Waals surface area contributed by atoms with E-state index in [1.54, 1.807) is 0 Å². The molecule has 1 nitrogen and oxygen atoms in total. The minimum atomic E-state index is 0.0204. The first kappa shape index (κ1) is 14.5. The maximum absolute atomic E-state index is 3.52. The molecule has 0 aliphatic carbocycles. The zero-order chi connectivity index (χ0) is 14.3. The summed E-state index contributed by atoms with van der Waals surface area (Å²) in [5.74, 6) is 0. The first-order chi connectivity index (χ1) is 9.80. The van der Waals surface area contributed by atoms with Crippen molar-refractivity contribution in [3.8, 4) is 0 Å². The molecule has 0 bridgehead atoms. The van der Waals surface area contributed by atoms with Crippen LogP contribution in [-0.4, -0.2) is 7.05 Å². The van der Waals surface area contributed by atoms with Gasteiger partial charge in [0.1, 0.15) is 0 Å². The summed E-state index contributed by atoms with van der Waals surface area (Å²) in [7, 11) is 2.05. The van der Waals surface area contributed by atoms with E-state index >= 15 is 0 Å². The first-order valence-electron chi connectivity index (χ1n) is 7.27. The Balaban J connectivity index is 2.16. The van der Waals surface area contributed by atoms with Gasteiger partial charge in [0.15, 0.2) is 0 Å². The van der Waals surface area contributed by atoms with Crippen LogP contribution in [0.4, 0.5) is 0 Å². The van der Waals surface area contributed by atoms with Crippen LogP contribution in [0.3, 0.4) is 0 Å². The Morgan fingerprint density at radius 3 is 2.10 bits per heavy atom. The topological polar surface area (TPSA) is 12.0 Å². The number of nitrogens with one attached hydrogen (secondary N) is 1. The van der Waals surface area contributed by atoms with Gasteiger partial charge in [0.05, 0.1) is 0 Å². The summed E-state index contributed by atoms with van der Waals surface area (Å²) in [6.45, 7) is 2.24. The van der Waals surface area contributed by atoms with Gasteiger partial charge in [-0.15, -0.1) is 0 Å². The molecule has 0 aliphatic rings. The molecule has 20 heavy (non-hydrogen) atoms. The third-order valence-corrected chi connectivity index (χ3v) is 3.98. The fourth-order valence-electron chi connectivity index (χ4n) is 2.61. The number of hydrogen-bond donors (Lipinski definition) is 1. The van der Waals surface area contributed by atoms with Crippen LogP contribution in [0, 0.1) is 0 Å². The van der Waals surface area contributed by atoms with Crippen LogP contribution in [0.5, 0.6) is 0 Å². The predicted molar refractivity (Wildman–Crippen MR) is 87.6 cm³/mol. The smallest absolute Gasteiger partial charge is 0.0464 e. The van der Waals surface area contributed by atoms with Crippen molar-refractivity contribution in [3.63, 3.8) is 0 Å². The van der Waals surface area contributed by atoms with Crippen molar-refractivity contribution in [1.29, 1.82) is 0 Å². The van der Waals surface area contributed by atoms with Gasteiger partial charge >= 0.3 is 0 Å². The van der Waals surface area contributed by atoms with Gasteiger partial charge in [0.25, 0.3) is 0 Å². The van der Waals surface area contributed by atoms with E-state index in [0.717, 1.165) is 12.8 Å². The summed E-state index contributed by atoms with van der Waals surface area (Å²) in [6.07, 6.45) is 6.51. The summed E-state index contributed by atoms with van der Waals surface area (Å²) >= 11 is 0. The highest BCUT2D eigenvalue weighted by Gasteiger charge is 2.26. The average Bonchev–Trinajstić information content (AvgIpc) is 2.54. The Labute approximate surface area is 122 Å². The fraction of sp³-hybridized carbons (Fsp3) is 0.263. The van der Waals surface area contributed by atoms with Crippen LogP contribution >= 0.6 is 0 Å². The van der Waals surface area contributed by atoms with Gasteiger partial charge in [-0.05, 0) is 31.0 Å². The second-order valence-corrected chi connectivity index (χ2v) is 5.07. The van der Waals surface area contributed by atoms with Crippen LogP contribution < -0.4 is 5.32 Å². The molecule has 2 aromatic carbocycles.